The number of carbonyl (C=O) groups is 2. The van der Waals surface area contributed by atoms with Gasteiger partial charge in [-0.3, -0.25) is 4.79 Å². The molecular weight excluding hydrogens is 332 g/mol. The molecule has 2 N–H and O–H groups in total. The van der Waals surface area contributed by atoms with E-state index in [9.17, 15) is 9.59 Å². The summed E-state index contributed by atoms with van der Waals surface area (Å²) in [7, 11) is 0. The van der Waals surface area contributed by atoms with Gasteiger partial charge in [-0.1, -0.05) is 0 Å². The van der Waals surface area contributed by atoms with Gasteiger partial charge in [-0.25, -0.2) is 9.78 Å². The highest BCUT2D eigenvalue weighted by molar-refractivity contribution is 9.10. The van der Waals surface area contributed by atoms with E-state index in [1.54, 1.807) is 12.1 Å². The van der Waals surface area contributed by atoms with E-state index in [4.69, 9.17) is 5.11 Å². The summed E-state index contributed by atoms with van der Waals surface area (Å²) >= 11 is 4.42. The number of thiazole rings is 1. The van der Waals surface area contributed by atoms with Gasteiger partial charge in [0, 0.05) is 10.2 Å². The van der Waals surface area contributed by atoms with Crippen LogP contribution in [0.4, 0.5) is 5.69 Å². The first-order chi connectivity index (χ1) is 8.97. The van der Waals surface area contributed by atoms with Crippen LogP contribution in [0, 0.1) is 6.92 Å². The van der Waals surface area contributed by atoms with Crippen LogP contribution in [0.5, 0.6) is 0 Å². The summed E-state index contributed by atoms with van der Waals surface area (Å²) in [4.78, 5) is 27.4. The Kier molecular flexibility index (Phi) is 3.96. The monoisotopic (exact) mass is 340 g/mol. The fourth-order valence-electron chi connectivity index (χ4n) is 1.43. The Bertz CT molecular complexity index is 654. The summed E-state index contributed by atoms with van der Waals surface area (Å²) in [5, 5.41) is 12.4. The molecule has 0 bridgehead atoms. The predicted octanol–water partition coefficient (Wildman–Crippen LogP) is 3.16. The molecule has 0 aliphatic carbocycles. The summed E-state index contributed by atoms with van der Waals surface area (Å²) in [5.74, 6) is -1.36. The van der Waals surface area contributed by atoms with Crippen LogP contribution in [0.3, 0.4) is 0 Å². The molecule has 5 nitrogen and oxygen atoms in total. The number of aryl methyl sites for hydroxylation is 1. The lowest BCUT2D eigenvalue weighted by atomic mass is 10.2. The van der Waals surface area contributed by atoms with Gasteiger partial charge in [-0.05, 0) is 41.1 Å². The zero-order valence-corrected chi connectivity index (χ0v) is 12.2. The molecule has 1 heterocycles. The molecule has 0 aliphatic rings. The third-order valence-electron chi connectivity index (χ3n) is 2.30. The quantitative estimate of drug-likeness (QED) is 0.899. The summed E-state index contributed by atoms with van der Waals surface area (Å²) < 4.78 is 0.464. The van der Waals surface area contributed by atoms with Crippen molar-refractivity contribution in [3.05, 3.63) is 44.3 Å². The summed E-state index contributed by atoms with van der Waals surface area (Å²) in [5.41, 5.74) is 0.523. The first kappa shape index (κ1) is 13.7. The third kappa shape index (κ3) is 3.18. The first-order valence-electron chi connectivity index (χ1n) is 5.24. The number of nitrogens with zero attached hydrogens (tertiary/aromatic N) is 1. The minimum atomic E-state index is -1.06. The molecule has 1 aromatic heterocycles. The Labute approximate surface area is 121 Å². The van der Waals surface area contributed by atoms with Crippen LogP contribution in [0.25, 0.3) is 0 Å². The zero-order valence-electron chi connectivity index (χ0n) is 9.81. The summed E-state index contributed by atoms with van der Waals surface area (Å²) in [6.45, 7) is 1.81. The number of benzene rings is 1. The molecule has 0 fully saturated rings. The number of aromatic carboxylic acids is 1. The normalized spacial score (nSPS) is 10.2. The van der Waals surface area contributed by atoms with Crippen LogP contribution >= 0.6 is 27.3 Å². The number of aromatic nitrogens is 1. The van der Waals surface area contributed by atoms with E-state index < -0.39 is 5.97 Å². The molecular formula is C12H9BrN2O3S. The number of nitrogens with one attached hydrogen (secondary N) is 1. The molecule has 0 saturated heterocycles. The van der Waals surface area contributed by atoms with Crippen molar-refractivity contribution in [1.29, 1.82) is 0 Å². The average molecular weight is 341 g/mol. The van der Waals surface area contributed by atoms with E-state index in [1.807, 2.05) is 6.92 Å². The Morgan fingerprint density at radius 2 is 2.16 bits per heavy atom. The van der Waals surface area contributed by atoms with Gasteiger partial charge in [0.15, 0.2) is 0 Å². The predicted molar refractivity (Wildman–Crippen MR) is 75.9 cm³/mol. The van der Waals surface area contributed by atoms with Crippen molar-refractivity contribution in [3.8, 4) is 0 Å². The smallest absolute Gasteiger partial charge is 0.336 e. The van der Waals surface area contributed by atoms with Crippen molar-refractivity contribution in [2.24, 2.45) is 0 Å². The lowest BCUT2D eigenvalue weighted by Gasteiger charge is -2.05. The van der Waals surface area contributed by atoms with Gasteiger partial charge in [-0.15, -0.1) is 11.3 Å². The highest BCUT2D eigenvalue weighted by atomic mass is 79.9. The van der Waals surface area contributed by atoms with Crippen molar-refractivity contribution in [2.45, 2.75) is 6.92 Å². The number of carboxylic acid groups (broad SMARTS) is 1. The molecule has 0 radical (unpaired) electrons. The van der Waals surface area contributed by atoms with Gasteiger partial charge < -0.3 is 10.4 Å². The van der Waals surface area contributed by atoms with Crippen molar-refractivity contribution in [2.75, 3.05) is 5.32 Å². The lowest BCUT2D eigenvalue weighted by Crippen LogP contribution is -2.11. The van der Waals surface area contributed by atoms with E-state index in [2.05, 4.69) is 26.2 Å². The molecule has 98 valence electrons. The van der Waals surface area contributed by atoms with Crippen LogP contribution in [-0.2, 0) is 0 Å². The van der Waals surface area contributed by atoms with Gasteiger partial charge in [-0.2, -0.15) is 0 Å². The van der Waals surface area contributed by atoms with Gasteiger partial charge in [0.25, 0.3) is 5.91 Å². The summed E-state index contributed by atoms with van der Waals surface area (Å²) in [6, 6.07) is 4.61. The highest BCUT2D eigenvalue weighted by Gasteiger charge is 2.12. The maximum absolute atomic E-state index is 11.9. The van der Waals surface area contributed by atoms with Gasteiger partial charge >= 0.3 is 5.97 Å². The van der Waals surface area contributed by atoms with Crippen molar-refractivity contribution >= 4 is 44.8 Å². The van der Waals surface area contributed by atoms with Crippen molar-refractivity contribution < 1.29 is 14.7 Å². The number of rotatable bonds is 3. The second kappa shape index (κ2) is 5.50. The molecule has 2 aromatic rings. The van der Waals surface area contributed by atoms with Gasteiger partial charge in [0.2, 0.25) is 0 Å². The molecule has 0 saturated carbocycles. The minimum Gasteiger partial charge on any atom is -0.478 e. The van der Waals surface area contributed by atoms with Crippen molar-refractivity contribution in [3.63, 3.8) is 0 Å². The fraction of sp³-hybridized carbons (Fsp3) is 0.0833. The van der Waals surface area contributed by atoms with Crippen molar-refractivity contribution in [1.82, 2.24) is 4.98 Å². The average Bonchev–Trinajstić information content (AvgIpc) is 2.78. The van der Waals surface area contributed by atoms with Crippen LogP contribution in [0.15, 0.2) is 28.9 Å². The zero-order chi connectivity index (χ0) is 14.0. The number of hydrogen-bond donors (Lipinski definition) is 2. The maximum Gasteiger partial charge on any atom is 0.336 e. The standard InChI is InChI=1S/C12H9BrN2O3S/c1-6-14-5-10(19-6)11(16)15-7-2-3-9(13)8(4-7)12(17)18/h2-5H,1H3,(H,15,16)(H,17,18). The van der Waals surface area contributed by atoms with E-state index >= 15 is 0 Å². The van der Waals surface area contributed by atoms with E-state index in [-0.39, 0.29) is 11.5 Å². The highest BCUT2D eigenvalue weighted by Crippen LogP contribution is 2.22. The minimum absolute atomic E-state index is 0.0956. The van der Waals surface area contributed by atoms with Gasteiger partial charge in [0.05, 0.1) is 16.8 Å². The Morgan fingerprint density at radius 3 is 2.74 bits per heavy atom. The Hall–Kier alpha value is -1.73. The molecule has 7 heteroatoms. The topological polar surface area (TPSA) is 79.3 Å². The maximum atomic E-state index is 11.9. The fourth-order valence-corrected chi connectivity index (χ4v) is 2.51. The van der Waals surface area contributed by atoms with Crippen LogP contribution in [0.2, 0.25) is 0 Å². The molecule has 0 atom stereocenters. The van der Waals surface area contributed by atoms with Crippen LogP contribution in [-0.4, -0.2) is 22.0 Å². The van der Waals surface area contributed by atoms with Crippen LogP contribution < -0.4 is 5.32 Å². The SMILES string of the molecule is Cc1ncc(C(=O)Nc2ccc(Br)c(C(=O)O)c2)s1. The number of carbonyl (C=O) groups excluding carboxylic acids is 1. The number of anilines is 1. The number of amides is 1. The second-order valence-electron chi connectivity index (χ2n) is 3.70. The van der Waals surface area contributed by atoms with E-state index in [0.29, 0.717) is 15.0 Å². The number of halogens is 1. The second-order valence-corrected chi connectivity index (χ2v) is 5.79. The molecule has 0 unspecified atom stereocenters. The largest absolute Gasteiger partial charge is 0.478 e. The third-order valence-corrected chi connectivity index (χ3v) is 3.90. The Balaban J connectivity index is 2.22. The number of carboxylic acids is 1. The van der Waals surface area contributed by atoms with E-state index in [0.717, 1.165) is 5.01 Å². The van der Waals surface area contributed by atoms with Gasteiger partial charge in [0.1, 0.15) is 4.88 Å². The lowest BCUT2D eigenvalue weighted by molar-refractivity contribution is 0.0695. The van der Waals surface area contributed by atoms with E-state index in [1.165, 1.54) is 23.6 Å². The Morgan fingerprint density at radius 1 is 1.42 bits per heavy atom. The first-order valence-corrected chi connectivity index (χ1v) is 6.85. The molecule has 0 spiro atoms. The van der Waals surface area contributed by atoms with Crippen LogP contribution in [0.1, 0.15) is 25.0 Å². The molecule has 0 aliphatic heterocycles. The summed E-state index contributed by atoms with van der Waals surface area (Å²) in [6.07, 6.45) is 1.49. The molecule has 2 rings (SSSR count). The number of hydrogen-bond acceptors (Lipinski definition) is 4. The molecule has 19 heavy (non-hydrogen) atoms. The molecule has 1 aromatic carbocycles. The molecule has 1 amide bonds.